The second-order valence-electron chi connectivity index (χ2n) is 7.50. The molecule has 1 heterocycles. The van der Waals surface area contributed by atoms with E-state index in [0.717, 1.165) is 11.3 Å². The number of nitrogens with one attached hydrogen (secondary N) is 1. The molecule has 7 heteroatoms. The van der Waals surface area contributed by atoms with Gasteiger partial charge in [-0.25, -0.2) is 5.06 Å². The Morgan fingerprint density at radius 3 is 2.44 bits per heavy atom. The summed E-state index contributed by atoms with van der Waals surface area (Å²) in [5.41, 5.74) is 3.70. The van der Waals surface area contributed by atoms with Gasteiger partial charge in [-0.3, -0.25) is 14.6 Å². The Kier molecular flexibility index (Phi) is 7.01. The lowest BCUT2D eigenvalue weighted by molar-refractivity contribution is -0.114. The van der Waals surface area contributed by atoms with Crippen molar-refractivity contribution in [1.29, 1.82) is 5.26 Å². The van der Waals surface area contributed by atoms with E-state index in [9.17, 15) is 10.1 Å². The van der Waals surface area contributed by atoms with Crippen LogP contribution in [0.3, 0.4) is 0 Å². The van der Waals surface area contributed by atoms with Crippen molar-refractivity contribution in [3.63, 3.8) is 0 Å². The third-order valence-electron chi connectivity index (χ3n) is 5.07. The molecule has 7 nitrogen and oxygen atoms in total. The molecule has 1 N–H and O–H groups in total. The number of fused-ring (bicyclic) bond motifs is 1. The number of para-hydroxylation sites is 1. The minimum Gasteiger partial charge on any atom is -0.492 e. The maximum Gasteiger partial charge on any atom is 0.221 e. The number of rotatable bonds is 8. The molecule has 0 radical (unpaired) electrons. The molecule has 0 saturated carbocycles. The van der Waals surface area contributed by atoms with E-state index in [-0.39, 0.29) is 5.91 Å². The Morgan fingerprint density at radius 2 is 1.79 bits per heavy atom. The summed E-state index contributed by atoms with van der Waals surface area (Å²) in [6.45, 7) is 4.02. The van der Waals surface area contributed by atoms with Gasteiger partial charge in [0.2, 0.25) is 5.91 Å². The largest absolute Gasteiger partial charge is 0.492 e. The number of carbonyl (C=O) groups is 1. The number of hydrogen-bond acceptors (Lipinski definition) is 6. The van der Waals surface area contributed by atoms with Crippen LogP contribution in [0.2, 0.25) is 0 Å². The normalized spacial score (nSPS) is 10.5. The van der Waals surface area contributed by atoms with Crippen LogP contribution in [-0.4, -0.2) is 17.5 Å². The Balaban J connectivity index is 1.91. The lowest BCUT2D eigenvalue weighted by Gasteiger charge is -2.26. The van der Waals surface area contributed by atoms with Crippen LogP contribution in [0.1, 0.15) is 25.0 Å². The first kappa shape index (κ1) is 22.8. The quantitative estimate of drug-likeness (QED) is 0.343. The molecule has 1 aromatic heterocycles. The molecule has 0 unspecified atom stereocenters. The van der Waals surface area contributed by atoms with E-state index < -0.39 is 0 Å². The van der Waals surface area contributed by atoms with Crippen LogP contribution in [0, 0.1) is 11.3 Å². The Morgan fingerprint density at radius 1 is 1.09 bits per heavy atom. The molecule has 1 amide bonds. The molecule has 0 fully saturated rings. The lowest BCUT2D eigenvalue weighted by Crippen LogP contribution is -2.19. The molecule has 0 spiro atoms. The maximum atomic E-state index is 11.9. The van der Waals surface area contributed by atoms with Crippen LogP contribution < -0.4 is 15.1 Å². The molecular weight excluding hydrogens is 428 g/mol. The number of nitriles is 1. The first-order valence-electron chi connectivity index (χ1n) is 10.9. The molecule has 3 aromatic carbocycles. The molecule has 4 aromatic rings. The van der Waals surface area contributed by atoms with Crippen molar-refractivity contribution in [2.24, 2.45) is 0 Å². The number of nitrogens with zero attached hydrogens (tertiary/aromatic N) is 3. The number of ether oxygens (including phenoxy) is 1. The summed E-state index contributed by atoms with van der Waals surface area (Å²) in [5.74, 6) is 0.274. The van der Waals surface area contributed by atoms with Gasteiger partial charge in [-0.05, 0) is 30.7 Å². The SMILES string of the molecule is CCOc1cc2ncc(C#N)c(N(OCc3ccccc3)c3ccccc3)c2cc1NC(C)=O. The molecule has 0 aliphatic heterocycles. The number of hydrogen-bond donors (Lipinski definition) is 1. The summed E-state index contributed by atoms with van der Waals surface area (Å²) in [7, 11) is 0. The van der Waals surface area contributed by atoms with Gasteiger partial charge in [0.05, 0.1) is 34.7 Å². The van der Waals surface area contributed by atoms with Gasteiger partial charge >= 0.3 is 0 Å². The summed E-state index contributed by atoms with van der Waals surface area (Å²) < 4.78 is 5.73. The fourth-order valence-corrected chi connectivity index (χ4v) is 3.61. The second kappa shape index (κ2) is 10.5. The number of aromatic nitrogens is 1. The maximum absolute atomic E-state index is 11.9. The van der Waals surface area contributed by atoms with E-state index in [1.54, 1.807) is 17.2 Å². The van der Waals surface area contributed by atoms with Gasteiger partial charge in [0, 0.05) is 24.6 Å². The van der Waals surface area contributed by atoms with Crippen LogP contribution >= 0.6 is 0 Å². The van der Waals surface area contributed by atoms with Gasteiger partial charge < -0.3 is 10.1 Å². The Labute approximate surface area is 198 Å². The number of amides is 1. The van der Waals surface area contributed by atoms with E-state index in [1.165, 1.54) is 13.1 Å². The highest BCUT2D eigenvalue weighted by atomic mass is 16.7. The highest BCUT2D eigenvalue weighted by Gasteiger charge is 2.21. The van der Waals surface area contributed by atoms with Crippen LogP contribution in [0.5, 0.6) is 5.75 Å². The summed E-state index contributed by atoms with van der Waals surface area (Å²) in [5, 5.41) is 15.1. The predicted octanol–water partition coefficient (Wildman–Crippen LogP) is 5.73. The fourth-order valence-electron chi connectivity index (χ4n) is 3.61. The number of pyridine rings is 1. The van der Waals surface area contributed by atoms with Crippen molar-refractivity contribution in [3.05, 3.63) is 90.1 Å². The highest BCUT2D eigenvalue weighted by molar-refractivity contribution is 6.01. The van der Waals surface area contributed by atoms with Crippen LogP contribution in [0.4, 0.5) is 17.1 Å². The molecule has 170 valence electrons. The number of anilines is 3. The molecule has 0 bridgehead atoms. The van der Waals surface area contributed by atoms with Gasteiger partial charge in [-0.1, -0.05) is 48.5 Å². The van der Waals surface area contributed by atoms with Crippen LogP contribution in [-0.2, 0) is 16.2 Å². The van der Waals surface area contributed by atoms with Crippen molar-refractivity contribution in [1.82, 2.24) is 4.98 Å². The van der Waals surface area contributed by atoms with Crippen molar-refractivity contribution in [3.8, 4) is 11.8 Å². The van der Waals surface area contributed by atoms with Crippen LogP contribution in [0.25, 0.3) is 10.9 Å². The summed E-state index contributed by atoms with van der Waals surface area (Å²) >= 11 is 0. The molecule has 4 rings (SSSR count). The number of carbonyl (C=O) groups excluding carboxylic acids is 1. The van der Waals surface area contributed by atoms with Crippen molar-refractivity contribution < 1.29 is 14.4 Å². The molecule has 0 atom stereocenters. The predicted molar refractivity (Wildman–Crippen MR) is 132 cm³/mol. The van der Waals surface area contributed by atoms with Gasteiger partial charge in [-0.2, -0.15) is 5.26 Å². The third-order valence-corrected chi connectivity index (χ3v) is 5.07. The summed E-state index contributed by atoms with van der Waals surface area (Å²) in [6.07, 6.45) is 1.52. The van der Waals surface area contributed by atoms with E-state index >= 15 is 0 Å². The second-order valence-corrected chi connectivity index (χ2v) is 7.50. The first-order chi connectivity index (χ1) is 16.6. The lowest BCUT2D eigenvalue weighted by atomic mass is 10.1. The van der Waals surface area contributed by atoms with E-state index in [1.807, 2.05) is 67.6 Å². The van der Waals surface area contributed by atoms with Crippen molar-refractivity contribution in [2.45, 2.75) is 20.5 Å². The Hall–Kier alpha value is -4.41. The van der Waals surface area contributed by atoms with Crippen molar-refractivity contribution >= 4 is 33.9 Å². The highest BCUT2D eigenvalue weighted by Crippen LogP contribution is 2.39. The third kappa shape index (κ3) is 4.98. The molecule has 0 saturated heterocycles. The van der Waals surface area contributed by atoms with E-state index in [0.29, 0.717) is 46.8 Å². The Bertz CT molecular complexity index is 1340. The topological polar surface area (TPSA) is 87.5 Å². The van der Waals surface area contributed by atoms with Gasteiger partial charge in [-0.15, -0.1) is 0 Å². The zero-order chi connectivity index (χ0) is 23.9. The summed E-state index contributed by atoms with van der Waals surface area (Å²) in [4.78, 5) is 22.6. The van der Waals surface area contributed by atoms with Gasteiger partial charge in [0.25, 0.3) is 0 Å². The zero-order valence-electron chi connectivity index (χ0n) is 19.0. The molecule has 34 heavy (non-hydrogen) atoms. The average molecular weight is 453 g/mol. The number of benzene rings is 3. The smallest absolute Gasteiger partial charge is 0.221 e. The zero-order valence-corrected chi connectivity index (χ0v) is 19.0. The minimum absolute atomic E-state index is 0.230. The van der Waals surface area contributed by atoms with Gasteiger partial charge in [0.1, 0.15) is 18.4 Å². The molecule has 0 aliphatic rings. The summed E-state index contributed by atoms with van der Waals surface area (Å²) in [6, 6.07) is 25.1. The van der Waals surface area contributed by atoms with Crippen LogP contribution in [0.15, 0.2) is 79.0 Å². The standard InChI is InChI=1S/C27H24N4O3/c1-3-33-26-15-24-23(14-25(26)30-19(2)32)27(21(16-28)17-29-24)31(22-12-8-5-9-13-22)34-18-20-10-6-4-7-11-20/h4-15,17H,3,18H2,1-2H3,(H,30,32). The van der Waals surface area contributed by atoms with Gasteiger partial charge in [0.15, 0.2) is 0 Å². The minimum atomic E-state index is -0.230. The van der Waals surface area contributed by atoms with Crippen molar-refractivity contribution in [2.75, 3.05) is 17.0 Å². The van der Waals surface area contributed by atoms with E-state index in [4.69, 9.17) is 9.57 Å². The average Bonchev–Trinajstić information content (AvgIpc) is 2.86. The van der Waals surface area contributed by atoms with E-state index in [2.05, 4.69) is 16.4 Å². The monoisotopic (exact) mass is 452 g/mol. The first-order valence-corrected chi connectivity index (χ1v) is 10.9. The molecule has 0 aliphatic carbocycles. The molecular formula is C27H24N4O3. The fraction of sp³-hybridized carbons (Fsp3) is 0.148.